The van der Waals surface area contributed by atoms with Crippen molar-refractivity contribution in [2.24, 2.45) is 7.05 Å². The number of ether oxygens (including phenoxy) is 2. The molecule has 1 aromatic heterocycles. The Morgan fingerprint density at radius 2 is 1.75 bits per heavy atom. The number of benzene rings is 2. The zero-order valence-corrected chi connectivity index (χ0v) is 18.1. The molecule has 168 valence electrons. The lowest BCUT2D eigenvalue weighted by molar-refractivity contribution is 0.123. The molecule has 1 fully saturated rings. The summed E-state index contributed by atoms with van der Waals surface area (Å²) in [7, 11) is 1.77. The van der Waals surface area contributed by atoms with Crippen molar-refractivity contribution in [3.63, 3.8) is 0 Å². The Kier molecular flexibility index (Phi) is 5.25. The Bertz CT molecular complexity index is 1240. The van der Waals surface area contributed by atoms with Crippen molar-refractivity contribution in [2.45, 2.75) is 13.3 Å². The van der Waals surface area contributed by atoms with Gasteiger partial charge in [0.15, 0.2) is 0 Å². The fraction of sp³-hybridized carbons (Fsp3) is 0.375. The zero-order valence-electron chi connectivity index (χ0n) is 18.1. The molecule has 0 unspecified atom stereocenters. The van der Waals surface area contributed by atoms with E-state index in [9.17, 15) is 13.6 Å². The second kappa shape index (κ2) is 8.09. The van der Waals surface area contributed by atoms with Crippen LogP contribution in [0.15, 0.2) is 41.2 Å². The number of aryl methyl sites for hydroxylation is 2. The normalized spacial score (nSPS) is 16.4. The Morgan fingerprint density at radius 1 is 0.969 bits per heavy atom. The van der Waals surface area contributed by atoms with Gasteiger partial charge in [0.1, 0.15) is 12.4 Å². The molecular weight excluding hydrogens is 416 g/mol. The molecule has 6 nitrogen and oxygen atoms in total. The SMILES string of the molecule is Cc1cc2c(N3CCOCC3)cc(N3CCOc4ccc(C(F)F)cc43)cc2n(C)c1=O. The molecule has 3 heterocycles. The molecule has 32 heavy (non-hydrogen) atoms. The molecule has 0 atom stereocenters. The van der Waals surface area contributed by atoms with Gasteiger partial charge in [-0.15, -0.1) is 0 Å². The number of hydrogen-bond donors (Lipinski definition) is 0. The minimum Gasteiger partial charge on any atom is -0.490 e. The second-order valence-electron chi connectivity index (χ2n) is 8.22. The lowest BCUT2D eigenvalue weighted by Crippen LogP contribution is -2.37. The van der Waals surface area contributed by atoms with Crippen LogP contribution < -0.4 is 20.1 Å². The number of anilines is 3. The molecule has 0 aliphatic carbocycles. The van der Waals surface area contributed by atoms with E-state index in [-0.39, 0.29) is 11.1 Å². The zero-order chi connectivity index (χ0) is 22.4. The third kappa shape index (κ3) is 3.48. The lowest BCUT2D eigenvalue weighted by atomic mass is 10.1. The molecule has 1 saturated heterocycles. The number of aromatic nitrogens is 1. The Labute approximate surface area is 184 Å². The molecule has 8 heteroatoms. The maximum atomic E-state index is 13.4. The summed E-state index contributed by atoms with van der Waals surface area (Å²) in [5.74, 6) is 0.575. The van der Waals surface area contributed by atoms with Crippen molar-refractivity contribution in [3.05, 3.63) is 57.9 Å². The molecule has 2 aliphatic heterocycles. The topological polar surface area (TPSA) is 46.9 Å². The highest BCUT2D eigenvalue weighted by atomic mass is 19.3. The summed E-state index contributed by atoms with van der Waals surface area (Å²) in [4.78, 5) is 16.9. The summed E-state index contributed by atoms with van der Waals surface area (Å²) in [5, 5.41) is 0.991. The van der Waals surface area contributed by atoms with Gasteiger partial charge in [0.2, 0.25) is 0 Å². The molecule has 0 N–H and O–H groups in total. The number of pyridine rings is 1. The third-order valence-electron chi connectivity index (χ3n) is 6.25. The molecular formula is C24H25F2N3O3. The molecule has 5 rings (SSSR count). The smallest absolute Gasteiger partial charge is 0.263 e. The highest BCUT2D eigenvalue weighted by Crippen LogP contribution is 2.42. The van der Waals surface area contributed by atoms with Crippen molar-refractivity contribution in [1.82, 2.24) is 4.57 Å². The van der Waals surface area contributed by atoms with Crippen molar-refractivity contribution in [1.29, 1.82) is 0 Å². The van der Waals surface area contributed by atoms with E-state index in [1.165, 1.54) is 12.1 Å². The van der Waals surface area contributed by atoms with E-state index in [1.54, 1.807) is 17.7 Å². The fourth-order valence-electron chi connectivity index (χ4n) is 4.55. The Balaban J connectivity index is 1.72. The van der Waals surface area contributed by atoms with Crippen LogP contribution >= 0.6 is 0 Å². The van der Waals surface area contributed by atoms with E-state index in [4.69, 9.17) is 9.47 Å². The van der Waals surface area contributed by atoms with Gasteiger partial charge < -0.3 is 23.8 Å². The van der Waals surface area contributed by atoms with Gasteiger partial charge in [-0.3, -0.25) is 4.79 Å². The lowest BCUT2D eigenvalue weighted by Gasteiger charge is -2.34. The van der Waals surface area contributed by atoms with Crippen molar-refractivity contribution in [2.75, 3.05) is 49.3 Å². The summed E-state index contributed by atoms with van der Waals surface area (Å²) in [6.45, 7) is 5.55. The van der Waals surface area contributed by atoms with Gasteiger partial charge in [-0.2, -0.15) is 0 Å². The molecule has 2 aromatic carbocycles. The van der Waals surface area contributed by atoms with Crippen LogP contribution in [-0.4, -0.2) is 44.0 Å². The fourth-order valence-corrected chi connectivity index (χ4v) is 4.55. The number of hydrogen-bond acceptors (Lipinski definition) is 5. The molecule has 3 aromatic rings. The van der Waals surface area contributed by atoms with Crippen LogP contribution in [0.1, 0.15) is 17.6 Å². The minimum absolute atomic E-state index is 0.0449. The number of nitrogens with zero attached hydrogens (tertiary/aromatic N) is 3. The predicted molar refractivity (Wildman–Crippen MR) is 121 cm³/mol. The van der Waals surface area contributed by atoms with Crippen LogP contribution in [0.2, 0.25) is 0 Å². The molecule has 0 bridgehead atoms. The van der Waals surface area contributed by atoms with Crippen LogP contribution in [-0.2, 0) is 11.8 Å². The van der Waals surface area contributed by atoms with E-state index >= 15 is 0 Å². The third-order valence-corrected chi connectivity index (χ3v) is 6.25. The minimum atomic E-state index is -2.56. The predicted octanol–water partition coefficient (Wildman–Crippen LogP) is 4.15. The summed E-state index contributed by atoms with van der Waals surface area (Å²) in [6.07, 6.45) is -2.56. The van der Waals surface area contributed by atoms with Gasteiger partial charge in [-0.25, -0.2) is 8.78 Å². The van der Waals surface area contributed by atoms with Gasteiger partial charge in [0, 0.05) is 48.0 Å². The van der Waals surface area contributed by atoms with E-state index in [0.717, 1.165) is 35.4 Å². The van der Waals surface area contributed by atoms with Gasteiger partial charge in [-0.1, -0.05) is 0 Å². The first-order valence-electron chi connectivity index (χ1n) is 10.7. The van der Waals surface area contributed by atoms with Crippen LogP contribution in [0, 0.1) is 6.92 Å². The van der Waals surface area contributed by atoms with Gasteiger partial charge in [-0.05, 0) is 43.3 Å². The van der Waals surface area contributed by atoms with Crippen molar-refractivity contribution >= 4 is 28.0 Å². The molecule has 0 saturated carbocycles. The first-order chi connectivity index (χ1) is 15.4. The summed E-state index contributed by atoms with van der Waals surface area (Å²) in [6, 6.07) is 10.5. The average molecular weight is 441 g/mol. The average Bonchev–Trinajstić information content (AvgIpc) is 2.82. The standard InChI is InChI=1S/C24H25F2N3O3/c1-15-11-18-19(27(2)24(15)30)13-17(14-20(18)28-5-8-31-9-6-28)29-7-10-32-22-4-3-16(23(25)26)12-21(22)29/h3-4,11-14,23H,5-10H2,1-2H3. The highest BCUT2D eigenvalue weighted by Gasteiger charge is 2.25. The number of alkyl halides is 2. The van der Waals surface area contributed by atoms with Crippen molar-refractivity contribution in [3.8, 4) is 5.75 Å². The molecule has 2 aliphatic rings. The Morgan fingerprint density at radius 3 is 2.50 bits per heavy atom. The van der Waals surface area contributed by atoms with Gasteiger partial charge in [0.05, 0.1) is 31.0 Å². The van der Waals surface area contributed by atoms with E-state index < -0.39 is 6.43 Å². The van der Waals surface area contributed by atoms with E-state index in [2.05, 4.69) is 11.0 Å². The number of halogens is 2. The molecule has 0 amide bonds. The highest BCUT2D eigenvalue weighted by molar-refractivity contribution is 5.97. The Hall–Kier alpha value is -3.13. The second-order valence-corrected chi connectivity index (χ2v) is 8.22. The van der Waals surface area contributed by atoms with Gasteiger partial charge >= 0.3 is 0 Å². The number of fused-ring (bicyclic) bond motifs is 2. The molecule has 0 spiro atoms. The summed E-state index contributed by atoms with van der Waals surface area (Å²) < 4.78 is 39.7. The summed E-state index contributed by atoms with van der Waals surface area (Å²) in [5.41, 5.74) is 3.85. The first kappa shape index (κ1) is 20.8. The number of morpholine rings is 1. The van der Waals surface area contributed by atoms with Crippen molar-refractivity contribution < 1.29 is 18.3 Å². The maximum absolute atomic E-state index is 13.4. The number of rotatable bonds is 3. The van der Waals surface area contributed by atoms with Crippen LogP contribution in [0.4, 0.5) is 25.8 Å². The van der Waals surface area contributed by atoms with Crippen LogP contribution in [0.5, 0.6) is 5.75 Å². The monoisotopic (exact) mass is 441 g/mol. The maximum Gasteiger partial charge on any atom is 0.263 e. The van der Waals surface area contributed by atoms with Crippen LogP contribution in [0.25, 0.3) is 10.9 Å². The van der Waals surface area contributed by atoms with E-state index in [0.29, 0.717) is 43.4 Å². The summed E-state index contributed by atoms with van der Waals surface area (Å²) >= 11 is 0. The van der Waals surface area contributed by atoms with E-state index in [1.807, 2.05) is 24.0 Å². The van der Waals surface area contributed by atoms with Gasteiger partial charge in [0.25, 0.3) is 12.0 Å². The largest absolute Gasteiger partial charge is 0.490 e. The molecule has 0 radical (unpaired) electrons. The van der Waals surface area contributed by atoms with Crippen LogP contribution in [0.3, 0.4) is 0 Å². The quantitative estimate of drug-likeness (QED) is 0.611. The first-order valence-corrected chi connectivity index (χ1v) is 10.7.